The van der Waals surface area contributed by atoms with Crippen molar-refractivity contribution in [3.8, 4) is 11.4 Å². The SMILES string of the molecule is COc1ccc(N2C(=O)NC(=O)/C(=C/c3cccn3-c3ccc(Cl)c([N+](=O)[O-])c3)C2=O)cc1. The van der Waals surface area contributed by atoms with Gasteiger partial charge in [0.2, 0.25) is 0 Å². The van der Waals surface area contributed by atoms with Gasteiger partial charge in [0, 0.05) is 18.0 Å². The number of rotatable bonds is 5. The van der Waals surface area contributed by atoms with E-state index in [1.807, 2.05) is 0 Å². The second kappa shape index (κ2) is 8.60. The van der Waals surface area contributed by atoms with E-state index in [1.165, 1.54) is 37.5 Å². The maximum atomic E-state index is 13.1. The maximum Gasteiger partial charge on any atom is 0.335 e. The van der Waals surface area contributed by atoms with Crippen LogP contribution in [0.3, 0.4) is 0 Å². The summed E-state index contributed by atoms with van der Waals surface area (Å²) >= 11 is 5.89. The predicted molar refractivity (Wildman–Crippen MR) is 119 cm³/mol. The highest BCUT2D eigenvalue weighted by atomic mass is 35.5. The summed E-state index contributed by atoms with van der Waals surface area (Å²) in [5.74, 6) is -1.14. The number of anilines is 1. The minimum absolute atomic E-state index is 0.0220. The molecule has 4 amide bonds. The van der Waals surface area contributed by atoms with Crippen LogP contribution in [0.4, 0.5) is 16.2 Å². The first-order valence-corrected chi connectivity index (χ1v) is 9.85. The summed E-state index contributed by atoms with van der Waals surface area (Å²) in [6.07, 6.45) is 2.91. The molecule has 0 spiro atoms. The van der Waals surface area contributed by atoms with Crippen LogP contribution in [-0.2, 0) is 9.59 Å². The van der Waals surface area contributed by atoms with E-state index in [4.69, 9.17) is 16.3 Å². The van der Waals surface area contributed by atoms with Crippen LogP contribution >= 0.6 is 11.6 Å². The largest absolute Gasteiger partial charge is 0.497 e. The van der Waals surface area contributed by atoms with Crippen LogP contribution in [0.5, 0.6) is 5.75 Å². The summed E-state index contributed by atoms with van der Waals surface area (Å²) in [5, 5.41) is 13.4. The number of hydrogen-bond donors (Lipinski definition) is 1. The molecule has 0 unspecified atom stereocenters. The molecule has 1 aromatic heterocycles. The predicted octanol–water partition coefficient (Wildman–Crippen LogP) is 3.71. The molecule has 0 atom stereocenters. The van der Waals surface area contributed by atoms with Gasteiger partial charge in [-0.15, -0.1) is 0 Å². The minimum atomic E-state index is -0.879. The standard InChI is InChI=1S/C22H15ClN4O6/c1-33-16-7-4-13(5-8-16)26-21(29)17(20(28)24-22(26)30)11-14-3-2-10-25(14)15-6-9-18(23)19(12-15)27(31)32/h2-12H,1H3,(H,24,28,30)/b17-11-. The number of aromatic nitrogens is 1. The Labute approximate surface area is 191 Å². The van der Waals surface area contributed by atoms with Crippen LogP contribution < -0.4 is 15.0 Å². The van der Waals surface area contributed by atoms with Gasteiger partial charge in [-0.05, 0) is 54.6 Å². The van der Waals surface area contributed by atoms with Crippen molar-refractivity contribution in [1.82, 2.24) is 9.88 Å². The summed E-state index contributed by atoms with van der Waals surface area (Å²) in [6, 6.07) is 12.8. The lowest BCUT2D eigenvalue weighted by atomic mass is 10.1. The average molecular weight is 467 g/mol. The zero-order valence-corrected chi connectivity index (χ0v) is 17.8. The molecule has 0 saturated carbocycles. The molecule has 0 radical (unpaired) electrons. The Morgan fingerprint density at radius 1 is 1.06 bits per heavy atom. The third-order valence-corrected chi connectivity index (χ3v) is 5.23. The van der Waals surface area contributed by atoms with Gasteiger partial charge in [0.05, 0.1) is 23.4 Å². The van der Waals surface area contributed by atoms with Crippen molar-refractivity contribution in [2.24, 2.45) is 0 Å². The number of benzene rings is 2. The number of methoxy groups -OCH3 is 1. The summed E-state index contributed by atoms with van der Waals surface area (Å²) in [4.78, 5) is 49.4. The Kier molecular flexibility index (Phi) is 5.67. The normalized spacial score (nSPS) is 15.0. The first-order valence-electron chi connectivity index (χ1n) is 9.47. The van der Waals surface area contributed by atoms with Gasteiger partial charge >= 0.3 is 6.03 Å². The highest BCUT2D eigenvalue weighted by molar-refractivity contribution is 6.39. The maximum absolute atomic E-state index is 13.1. The van der Waals surface area contributed by atoms with Gasteiger partial charge < -0.3 is 9.30 Å². The summed E-state index contributed by atoms with van der Waals surface area (Å²) in [6.45, 7) is 0. The molecule has 1 fully saturated rings. The third-order valence-electron chi connectivity index (χ3n) is 4.91. The van der Waals surface area contributed by atoms with Crippen LogP contribution in [-0.4, -0.2) is 34.4 Å². The first-order chi connectivity index (χ1) is 15.8. The lowest BCUT2D eigenvalue weighted by molar-refractivity contribution is -0.384. The van der Waals surface area contributed by atoms with E-state index in [0.29, 0.717) is 17.1 Å². The Bertz CT molecular complexity index is 1330. The van der Waals surface area contributed by atoms with Gasteiger partial charge in [0.1, 0.15) is 16.3 Å². The minimum Gasteiger partial charge on any atom is -0.497 e. The molecule has 10 nitrogen and oxygen atoms in total. The van der Waals surface area contributed by atoms with Crippen LogP contribution in [0.1, 0.15) is 5.69 Å². The number of nitrogens with one attached hydrogen (secondary N) is 1. The second-order valence-corrected chi connectivity index (χ2v) is 7.26. The summed E-state index contributed by atoms with van der Waals surface area (Å²) in [7, 11) is 1.48. The summed E-state index contributed by atoms with van der Waals surface area (Å²) < 4.78 is 6.63. The smallest absolute Gasteiger partial charge is 0.335 e. The number of barbiturate groups is 1. The molecule has 166 valence electrons. The Balaban J connectivity index is 1.73. The Hall–Kier alpha value is -4.44. The summed E-state index contributed by atoms with van der Waals surface area (Å²) in [5.41, 5.74) is 0.460. The number of nitro benzene ring substituents is 1. The van der Waals surface area contributed by atoms with Crippen molar-refractivity contribution in [2.45, 2.75) is 0 Å². The molecule has 3 aromatic rings. The fourth-order valence-corrected chi connectivity index (χ4v) is 3.50. The Morgan fingerprint density at radius 2 is 1.76 bits per heavy atom. The van der Waals surface area contributed by atoms with Gasteiger partial charge in [0.15, 0.2) is 0 Å². The van der Waals surface area contributed by atoms with E-state index in [-0.39, 0.29) is 22.0 Å². The van der Waals surface area contributed by atoms with Crippen molar-refractivity contribution >= 4 is 46.9 Å². The van der Waals surface area contributed by atoms with Crippen LogP contribution in [0.15, 0.2) is 66.4 Å². The third kappa shape index (κ3) is 4.06. The molecular weight excluding hydrogens is 452 g/mol. The van der Waals surface area contributed by atoms with E-state index in [2.05, 4.69) is 5.32 Å². The van der Waals surface area contributed by atoms with Crippen LogP contribution in [0.25, 0.3) is 11.8 Å². The van der Waals surface area contributed by atoms with E-state index < -0.39 is 22.8 Å². The zero-order chi connectivity index (χ0) is 23.7. The number of hydrogen-bond acceptors (Lipinski definition) is 6. The average Bonchev–Trinajstić information content (AvgIpc) is 3.25. The number of ether oxygens (including phenoxy) is 1. The molecule has 2 aromatic carbocycles. The number of imide groups is 2. The number of carbonyl (C=O) groups is 3. The highest BCUT2D eigenvalue weighted by Gasteiger charge is 2.37. The van der Waals surface area contributed by atoms with Crippen molar-refractivity contribution in [1.29, 1.82) is 0 Å². The number of nitrogens with zero attached hydrogens (tertiary/aromatic N) is 3. The Morgan fingerprint density at radius 3 is 2.42 bits per heavy atom. The number of amides is 4. The zero-order valence-electron chi connectivity index (χ0n) is 17.0. The highest BCUT2D eigenvalue weighted by Crippen LogP contribution is 2.29. The fraction of sp³-hybridized carbons (Fsp3) is 0.0455. The van der Waals surface area contributed by atoms with Crippen molar-refractivity contribution in [2.75, 3.05) is 12.0 Å². The molecule has 0 aliphatic carbocycles. The lowest BCUT2D eigenvalue weighted by Crippen LogP contribution is -2.54. The van der Waals surface area contributed by atoms with E-state index in [1.54, 1.807) is 41.1 Å². The number of halogens is 1. The van der Waals surface area contributed by atoms with Crippen molar-refractivity contribution < 1.29 is 24.0 Å². The molecule has 1 saturated heterocycles. The van der Waals surface area contributed by atoms with E-state index >= 15 is 0 Å². The molecule has 2 heterocycles. The number of carbonyl (C=O) groups excluding carboxylic acids is 3. The second-order valence-electron chi connectivity index (χ2n) is 6.85. The lowest BCUT2D eigenvalue weighted by Gasteiger charge is -2.26. The quantitative estimate of drug-likeness (QED) is 0.264. The van der Waals surface area contributed by atoms with E-state index in [9.17, 15) is 24.5 Å². The molecule has 33 heavy (non-hydrogen) atoms. The van der Waals surface area contributed by atoms with Crippen LogP contribution in [0, 0.1) is 10.1 Å². The van der Waals surface area contributed by atoms with Crippen molar-refractivity contribution in [3.05, 3.63) is 87.2 Å². The van der Waals surface area contributed by atoms with Gasteiger partial charge in [-0.25, -0.2) is 9.69 Å². The molecule has 1 aliphatic rings. The van der Waals surface area contributed by atoms with Gasteiger partial charge in [-0.1, -0.05) is 11.6 Å². The van der Waals surface area contributed by atoms with Gasteiger partial charge in [-0.2, -0.15) is 0 Å². The molecule has 4 rings (SSSR count). The molecule has 11 heteroatoms. The molecule has 1 N–H and O–H groups in total. The molecule has 1 aliphatic heterocycles. The molecular formula is C22H15ClN4O6. The fourth-order valence-electron chi connectivity index (χ4n) is 3.31. The van der Waals surface area contributed by atoms with E-state index in [0.717, 1.165) is 4.90 Å². The first kappa shape index (κ1) is 21.8. The number of urea groups is 1. The van der Waals surface area contributed by atoms with Crippen molar-refractivity contribution in [3.63, 3.8) is 0 Å². The topological polar surface area (TPSA) is 124 Å². The van der Waals surface area contributed by atoms with Gasteiger partial charge in [0.25, 0.3) is 17.5 Å². The number of nitro groups is 1. The van der Waals surface area contributed by atoms with Gasteiger partial charge in [-0.3, -0.25) is 25.0 Å². The molecule has 0 bridgehead atoms. The van der Waals surface area contributed by atoms with Crippen LogP contribution in [0.2, 0.25) is 5.02 Å². The monoisotopic (exact) mass is 466 g/mol.